The van der Waals surface area contributed by atoms with Gasteiger partial charge in [-0.05, 0) is 5.39 Å². The average Bonchev–Trinajstić information content (AvgIpc) is 3.18. The van der Waals surface area contributed by atoms with Gasteiger partial charge in [0.05, 0.1) is 0 Å². The zero-order valence-corrected chi connectivity index (χ0v) is 28.1. The molecule has 49 heavy (non-hydrogen) atoms. The summed E-state index contributed by atoms with van der Waals surface area (Å²) in [6.07, 6.45) is 0. The third-order valence-electron chi connectivity index (χ3n) is 9.19. The number of nitrogens with zero attached hydrogens (tertiary/aromatic N) is 3. The van der Waals surface area contributed by atoms with E-state index in [1.54, 1.807) is 0 Å². The molecule has 0 aliphatic carbocycles. The third-order valence-corrected chi connectivity index (χ3v) is 9.91. The summed E-state index contributed by atoms with van der Waals surface area (Å²) in [6.45, 7) is 0. The van der Waals surface area contributed by atoms with Crippen LogP contribution in [0.25, 0.3) is 88.7 Å². The second-order valence-electron chi connectivity index (χ2n) is 12.2. The predicted octanol–water partition coefficient (Wildman–Crippen LogP) is 10.5. The zero-order valence-electron chi connectivity index (χ0n) is 26.4. The number of fused-ring (bicyclic) bond motifs is 5. The van der Waals surface area contributed by atoms with Gasteiger partial charge in [-0.15, -0.1) is 0 Å². The van der Waals surface area contributed by atoms with Gasteiger partial charge >= 0.3 is 264 Å². The molecule has 0 atom stereocenters. The number of hydrogen-bond acceptors (Lipinski definition) is 3. The number of aromatic nitrogens is 3. The monoisotopic (exact) mass is 690 g/mol. The Bertz CT molecular complexity index is 2610. The molecule has 1 radical (unpaired) electrons. The van der Waals surface area contributed by atoms with E-state index in [-0.39, 0.29) is 0 Å². The van der Waals surface area contributed by atoms with Gasteiger partial charge in [0, 0.05) is 0 Å². The van der Waals surface area contributed by atoms with Gasteiger partial charge in [-0.1, -0.05) is 24.3 Å². The molecule has 229 valence electrons. The fourth-order valence-corrected chi connectivity index (χ4v) is 7.45. The van der Waals surface area contributed by atoms with Gasteiger partial charge in [-0.3, -0.25) is 0 Å². The quantitative estimate of drug-likeness (QED) is 0.133. The minimum atomic E-state index is 0.635. The fraction of sp³-hybridized carbons (Fsp3) is 0. The van der Waals surface area contributed by atoms with Crippen LogP contribution in [0.4, 0.5) is 0 Å². The van der Waals surface area contributed by atoms with E-state index >= 15 is 0 Å². The molecule has 0 spiro atoms. The van der Waals surface area contributed by atoms with Crippen molar-refractivity contribution in [3.63, 3.8) is 0 Å². The molecule has 0 N–H and O–H groups in total. The SMILES string of the molecule is [Se]c1cccc(-c2nc(-c3ccccc3)nc(-c3ccccc3)n2)c1-c1cccc(-c2ccc3c(ccc4c5ccccc5ccc34)c2)c1. The summed E-state index contributed by atoms with van der Waals surface area (Å²) < 4.78 is 1.04. The molecule has 9 aromatic rings. The summed E-state index contributed by atoms with van der Waals surface area (Å²) in [6, 6.07) is 59.6. The van der Waals surface area contributed by atoms with E-state index in [9.17, 15) is 0 Å². The van der Waals surface area contributed by atoms with Crippen molar-refractivity contribution < 1.29 is 0 Å². The Balaban J connectivity index is 1.17. The van der Waals surface area contributed by atoms with Crippen LogP contribution in [0, 0.1) is 0 Å². The Morgan fingerprint density at radius 3 is 1.59 bits per heavy atom. The van der Waals surface area contributed by atoms with E-state index in [0.29, 0.717) is 17.5 Å². The first kappa shape index (κ1) is 29.2. The molecule has 0 saturated heterocycles. The molecule has 0 unspecified atom stereocenters. The van der Waals surface area contributed by atoms with Gasteiger partial charge in [-0.2, -0.15) is 0 Å². The van der Waals surface area contributed by atoms with Crippen LogP contribution in [-0.2, 0) is 0 Å². The standard InChI is InChI=1S/C45H28N3Se/c49-41-20-10-19-40(45-47-43(30-12-3-1-4-13-30)46-44(48-45)31-14-5-2-6-15-31)42(41)35-17-9-16-32(28-35)33-22-24-37-34(27-33)23-26-38-36-18-8-7-11-29(36)21-25-39(37)38/h1-28H. The van der Waals surface area contributed by atoms with Crippen molar-refractivity contribution in [3.05, 3.63) is 170 Å². The number of hydrogen-bond donors (Lipinski definition) is 0. The average molecular weight is 690 g/mol. The topological polar surface area (TPSA) is 38.7 Å². The second-order valence-corrected chi connectivity index (χ2v) is 13.1. The zero-order chi connectivity index (χ0) is 32.7. The van der Waals surface area contributed by atoms with Crippen LogP contribution >= 0.6 is 0 Å². The first-order valence-corrected chi connectivity index (χ1v) is 17.2. The summed E-state index contributed by atoms with van der Waals surface area (Å²) in [7, 11) is 0. The molecule has 0 aliphatic rings. The molecule has 0 aliphatic heterocycles. The van der Waals surface area contributed by atoms with Gasteiger partial charge in [0.15, 0.2) is 0 Å². The van der Waals surface area contributed by atoms with E-state index in [2.05, 4.69) is 125 Å². The molecule has 4 heteroatoms. The molecule has 0 bridgehead atoms. The van der Waals surface area contributed by atoms with E-state index in [0.717, 1.165) is 37.8 Å². The first-order valence-electron chi connectivity index (χ1n) is 16.3. The minimum absolute atomic E-state index is 0.635. The van der Waals surface area contributed by atoms with E-state index in [1.165, 1.54) is 37.9 Å². The molecule has 3 nitrogen and oxygen atoms in total. The van der Waals surface area contributed by atoms with Gasteiger partial charge in [0.25, 0.3) is 0 Å². The Morgan fingerprint density at radius 2 is 0.857 bits per heavy atom. The van der Waals surface area contributed by atoms with Crippen LogP contribution in [-0.4, -0.2) is 31.0 Å². The second kappa shape index (κ2) is 12.3. The number of rotatable bonds is 5. The van der Waals surface area contributed by atoms with Gasteiger partial charge < -0.3 is 0 Å². The molecule has 0 amide bonds. The van der Waals surface area contributed by atoms with Gasteiger partial charge in [0.1, 0.15) is 0 Å². The molecule has 0 saturated carbocycles. The molecule has 0 fully saturated rings. The Hall–Kier alpha value is -5.93. The summed E-state index contributed by atoms with van der Waals surface area (Å²) in [5.74, 6) is 1.92. The number of benzene rings is 8. The van der Waals surface area contributed by atoms with Crippen molar-refractivity contribution in [2.24, 2.45) is 0 Å². The first-order chi connectivity index (χ1) is 24.2. The maximum absolute atomic E-state index is 5.05. The van der Waals surface area contributed by atoms with Crippen LogP contribution in [0.1, 0.15) is 0 Å². The molecular weight excluding hydrogens is 661 g/mol. The van der Waals surface area contributed by atoms with Crippen molar-refractivity contribution in [3.8, 4) is 56.4 Å². The van der Waals surface area contributed by atoms with Crippen LogP contribution in [0.15, 0.2) is 170 Å². The summed E-state index contributed by atoms with van der Waals surface area (Å²) in [5, 5.41) is 7.60. The molecule has 1 aromatic heterocycles. The van der Waals surface area contributed by atoms with Crippen molar-refractivity contribution in [1.82, 2.24) is 15.0 Å². The summed E-state index contributed by atoms with van der Waals surface area (Å²) >= 11 is 3.31. The molecule has 1 heterocycles. The van der Waals surface area contributed by atoms with Crippen LogP contribution in [0.2, 0.25) is 0 Å². The Labute approximate surface area is 292 Å². The normalized spacial score (nSPS) is 11.3. The van der Waals surface area contributed by atoms with E-state index in [1.807, 2.05) is 60.7 Å². The maximum atomic E-state index is 5.05. The van der Waals surface area contributed by atoms with Crippen LogP contribution in [0.3, 0.4) is 0 Å². The van der Waals surface area contributed by atoms with Crippen molar-refractivity contribution in [1.29, 1.82) is 0 Å². The van der Waals surface area contributed by atoms with Gasteiger partial charge in [-0.25, -0.2) is 0 Å². The van der Waals surface area contributed by atoms with Crippen molar-refractivity contribution in [2.75, 3.05) is 0 Å². The van der Waals surface area contributed by atoms with E-state index < -0.39 is 0 Å². The molecule has 9 rings (SSSR count). The fourth-order valence-electron chi connectivity index (χ4n) is 6.81. The van der Waals surface area contributed by atoms with Gasteiger partial charge in [0.2, 0.25) is 0 Å². The summed E-state index contributed by atoms with van der Waals surface area (Å²) in [5.41, 5.74) is 7.32. The summed E-state index contributed by atoms with van der Waals surface area (Å²) in [4.78, 5) is 15.0. The van der Waals surface area contributed by atoms with Crippen LogP contribution in [0.5, 0.6) is 0 Å². The molecular formula is C45H28N3Se. The third kappa shape index (κ3) is 5.38. The molecule has 8 aromatic carbocycles. The Kier molecular flexibility index (Phi) is 7.31. The van der Waals surface area contributed by atoms with Crippen molar-refractivity contribution >= 4 is 52.8 Å². The van der Waals surface area contributed by atoms with Crippen LogP contribution < -0.4 is 4.46 Å². The van der Waals surface area contributed by atoms with E-state index in [4.69, 9.17) is 15.0 Å². The predicted molar refractivity (Wildman–Crippen MR) is 205 cm³/mol. The van der Waals surface area contributed by atoms with Crippen molar-refractivity contribution in [2.45, 2.75) is 0 Å². The Morgan fingerprint density at radius 1 is 0.327 bits per heavy atom.